The molecule has 2 unspecified atom stereocenters. The second-order valence-corrected chi connectivity index (χ2v) is 6.75. The predicted molar refractivity (Wildman–Crippen MR) is 83.4 cm³/mol. The van der Waals surface area contributed by atoms with Crippen molar-refractivity contribution in [2.75, 3.05) is 0 Å². The number of carboxylic acids is 1. The van der Waals surface area contributed by atoms with Crippen LogP contribution in [0.1, 0.15) is 25.8 Å². The summed E-state index contributed by atoms with van der Waals surface area (Å²) in [6.07, 6.45) is 1.94. The number of sulfonamides is 1. The Kier molecular flexibility index (Phi) is 6.39. The van der Waals surface area contributed by atoms with Crippen molar-refractivity contribution in [2.24, 2.45) is 5.92 Å². The van der Waals surface area contributed by atoms with Gasteiger partial charge in [0.15, 0.2) is 0 Å². The standard InChI is InChI=1S/C14H18ClNO4S/c1-3-10(2)13(14(17)18)16-21(19,20)9-8-11-4-6-12(15)7-5-11/h4-10,13,16H,3H2,1-2H3,(H,17,18)/b9-8+. The number of aliphatic carboxylic acids is 1. The lowest BCUT2D eigenvalue weighted by molar-refractivity contribution is -0.140. The fraction of sp³-hybridized carbons (Fsp3) is 0.357. The molecule has 2 N–H and O–H groups in total. The van der Waals surface area contributed by atoms with E-state index < -0.39 is 22.0 Å². The molecule has 0 aliphatic rings. The summed E-state index contributed by atoms with van der Waals surface area (Å²) in [7, 11) is -3.83. The number of rotatable bonds is 7. The lowest BCUT2D eigenvalue weighted by Crippen LogP contribution is -2.44. The van der Waals surface area contributed by atoms with E-state index >= 15 is 0 Å². The van der Waals surface area contributed by atoms with Gasteiger partial charge in [-0.25, -0.2) is 8.42 Å². The molecule has 0 amide bonds. The molecular formula is C14H18ClNO4S. The van der Waals surface area contributed by atoms with Gasteiger partial charge in [0.2, 0.25) is 10.0 Å². The predicted octanol–water partition coefficient (Wildman–Crippen LogP) is 2.73. The van der Waals surface area contributed by atoms with Crippen molar-refractivity contribution < 1.29 is 18.3 Å². The molecule has 0 saturated heterocycles. The van der Waals surface area contributed by atoms with E-state index in [0.717, 1.165) is 5.41 Å². The van der Waals surface area contributed by atoms with Crippen molar-refractivity contribution in [3.05, 3.63) is 40.3 Å². The summed E-state index contributed by atoms with van der Waals surface area (Å²) in [5.74, 6) is -1.49. The zero-order valence-electron chi connectivity index (χ0n) is 11.8. The van der Waals surface area contributed by atoms with Gasteiger partial charge in [-0.1, -0.05) is 44.0 Å². The van der Waals surface area contributed by atoms with Gasteiger partial charge in [0, 0.05) is 10.4 Å². The molecule has 0 radical (unpaired) electrons. The molecule has 0 aromatic heterocycles. The molecule has 0 heterocycles. The molecule has 0 fully saturated rings. The molecule has 0 bridgehead atoms. The Morgan fingerprint density at radius 2 is 1.95 bits per heavy atom. The quantitative estimate of drug-likeness (QED) is 0.804. The average Bonchev–Trinajstić information content (AvgIpc) is 2.43. The van der Waals surface area contributed by atoms with Gasteiger partial charge in [-0.15, -0.1) is 0 Å². The number of hydrogen-bond donors (Lipinski definition) is 2. The van der Waals surface area contributed by atoms with Crippen molar-refractivity contribution in [3.8, 4) is 0 Å². The van der Waals surface area contributed by atoms with E-state index in [2.05, 4.69) is 4.72 Å². The Labute approximate surface area is 129 Å². The summed E-state index contributed by atoms with van der Waals surface area (Å²) in [6.45, 7) is 3.49. The Hall–Kier alpha value is -1.37. The molecule has 1 aromatic carbocycles. The maximum Gasteiger partial charge on any atom is 0.322 e. The van der Waals surface area contributed by atoms with Crippen LogP contribution in [0.5, 0.6) is 0 Å². The molecule has 0 aliphatic carbocycles. The fourth-order valence-electron chi connectivity index (χ4n) is 1.60. The van der Waals surface area contributed by atoms with Crippen LogP contribution in [0.15, 0.2) is 29.7 Å². The van der Waals surface area contributed by atoms with Crippen molar-refractivity contribution in [1.82, 2.24) is 4.72 Å². The largest absolute Gasteiger partial charge is 0.480 e. The van der Waals surface area contributed by atoms with Crippen LogP contribution in [0.3, 0.4) is 0 Å². The molecule has 2 atom stereocenters. The van der Waals surface area contributed by atoms with Crippen molar-refractivity contribution in [3.63, 3.8) is 0 Å². The number of carbonyl (C=O) groups is 1. The van der Waals surface area contributed by atoms with Gasteiger partial charge < -0.3 is 5.11 Å². The van der Waals surface area contributed by atoms with E-state index in [1.165, 1.54) is 6.08 Å². The third kappa shape index (κ3) is 5.87. The SMILES string of the molecule is CCC(C)C(NS(=O)(=O)/C=C/c1ccc(Cl)cc1)C(=O)O. The summed E-state index contributed by atoms with van der Waals surface area (Å²) >= 11 is 5.74. The second kappa shape index (κ2) is 7.59. The van der Waals surface area contributed by atoms with Gasteiger partial charge >= 0.3 is 5.97 Å². The van der Waals surface area contributed by atoms with Crippen LogP contribution < -0.4 is 4.72 Å². The van der Waals surface area contributed by atoms with E-state index in [9.17, 15) is 13.2 Å². The minimum Gasteiger partial charge on any atom is -0.480 e. The minimum atomic E-state index is -3.83. The van der Waals surface area contributed by atoms with Crippen molar-refractivity contribution in [1.29, 1.82) is 0 Å². The van der Waals surface area contributed by atoms with E-state index in [-0.39, 0.29) is 5.92 Å². The number of benzene rings is 1. The summed E-state index contributed by atoms with van der Waals surface area (Å²) in [5.41, 5.74) is 0.653. The third-order valence-corrected chi connectivity index (χ3v) is 4.41. The lowest BCUT2D eigenvalue weighted by atomic mass is 10.0. The first-order valence-electron chi connectivity index (χ1n) is 6.44. The molecule has 0 aliphatic heterocycles. The van der Waals surface area contributed by atoms with Gasteiger partial charge in [-0.05, 0) is 29.7 Å². The first kappa shape index (κ1) is 17.7. The Morgan fingerprint density at radius 3 is 2.43 bits per heavy atom. The van der Waals surface area contributed by atoms with Crippen LogP contribution >= 0.6 is 11.6 Å². The van der Waals surface area contributed by atoms with E-state index in [1.54, 1.807) is 38.1 Å². The highest BCUT2D eigenvalue weighted by Crippen LogP contribution is 2.12. The molecule has 0 saturated carbocycles. The van der Waals surface area contributed by atoms with Crippen LogP contribution in [-0.2, 0) is 14.8 Å². The summed E-state index contributed by atoms with van der Waals surface area (Å²) in [5, 5.41) is 10.6. The van der Waals surface area contributed by atoms with E-state index in [0.29, 0.717) is 17.0 Å². The van der Waals surface area contributed by atoms with Gasteiger partial charge in [0.05, 0.1) is 0 Å². The van der Waals surface area contributed by atoms with Crippen molar-refractivity contribution in [2.45, 2.75) is 26.3 Å². The van der Waals surface area contributed by atoms with Crippen LogP contribution in [-0.4, -0.2) is 25.5 Å². The molecule has 1 rings (SSSR count). The monoisotopic (exact) mass is 331 g/mol. The fourth-order valence-corrected chi connectivity index (χ4v) is 2.83. The Balaban J connectivity index is 2.85. The average molecular weight is 332 g/mol. The maximum atomic E-state index is 11.9. The maximum absolute atomic E-state index is 11.9. The van der Waals surface area contributed by atoms with Gasteiger partial charge in [-0.3, -0.25) is 4.79 Å². The van der Waals surface area contributed by atoms with Gasteiger partial charge in [0.1, 0.15) is 6.04 Å². The molecule has 0 spiro atoms. The summed E-state index contributed by atoms with van der Waals surface area (Å²) in [4.78, 5) is 11.1. The summed E-state index contributed by atoms with van der Waals surface area (Å²) < 4.78 is 26.0. The van der Waals surface area contributed by atoms with Crippen LogP contribution in [0.2, 0.25) is 5.02 Å². The first-order chi connectivity index (χ1) is 9.75. The van der Waals surface area contributed by atoms with Gasteiger partial charge in [-0.2, -0.15) is 4.72 Å². The molecule has 116 valence electrons. The molecule has 5 nitrogen and oxygen atoms in total. The number of nitrogens with one attached hydrogen (secondary N) is 1. The second-order valence-electron chi connectivity index (χ2n) is 4.72. The topological polar surface area (TPSA) is 83.5 Å². The molecule has 1 aromatic rings. The number of halogens is 1. The normalized spacial score (nSPS) is 15.0. The third-order valence-electron chi connectivity index (χ3n) is 3.08. The highest BCUT2D eigenvalue weighted by molar-refractivity contribution is 7.92. The van der Waals surface area contributed by atoms with Crippen molar-refractivity contribution >= 4 is 33.7 Å². The highest BCUT2D eigenvalue weighted by atomic mass is 35.5. The Morgan fingerprint density at radius 1 is 1.38 bits per heavy atom. The minimum absolute atomic E-state index is 0.304. The molecule has 21 heavy (non-hydrogen) atoms. The number of hydrogen-bond acceptors (Lipinski definition) is 3. The van der Waals surface area contributed by atoms with E-state index in [4.69, 9.17) is 16.7 Å². The van der Waals surface area contributed by atoms with Gasteiger partial charge in [0.25, 0.3) is 0 Å². The smallest absolute Gasteiger partial charge is 0.322 e. The zero-order valence-corrected chi connectivity index (χ0v) is 13.4. The summed E-state index contributed by atoms with van der Waals surface area (Å²) in [6, 6.07) is 5.46. The number of carboxylic acid groups (broad SMARTS) is 1. The van der Waals surface area contributed by atoms with Crippen LogP contribution in [0.4, 0.5) is 0 Å². The molecule has 7 heteroatoms. The zero-order chi connectivity index (χ0) is 16.0. The lowest BCUT2D eigenvalue weighted by Gasteiger charge is -2.18. The van der Waals surface area contributed by atoms with E-state index in [1.807, 2.05) is 0 Å². The Bertz CT molecular complexity index is 610. The highest BCUT2D eigenvalue weighted by Gasteiger charge is 2.27. The van der Waals surface area contributed by atoms with Crippen LogP contribution in [0, 0.1) is 5.92 Å². The van der Waals surface area contributed by atoms with Crippen LogP contribution in [0.25, 0.3) is 6.08 Å². The molecular weight excluding hydrogens is 314 g/mol. The first-order valence-corrected chi connectivity index (χ1v) is 8.36.